The fourth-order valence-electron chi connectivity index (χ4n) is 1.77. The van der Waals surface area contributed by atoms with E-state index >= 15 is 0 Å². The zero-order valence-electron chi connectivity index (χ0n) is 9.64. The molecule has 1 saturated heterocycles. The zero-order valence-corrected chi connectivity index (χ0v) is 10.5. The Morgan fingerprint density at radius 3 is 2.53 bits per heavy atom. The van der Waals surface area contributed by atoms with E-state index in [-0.39, 0.29) is 5.82 Å². The van der Waals surface area contributed by atoms with Crippen molar-refractivity contribution in [2.75, 3.05) is 31.1 Å². The van der Waals surface area contributed by atoms with Crippen molar-refractivity contribution < 1.29 is 8.60 Å². The van der Waals surface area contributed by atoms with E-state index in [0.717, 1.165) is 36.7 Å². The molecule has 1 aliphatic heterocycles. The van der Waals surface area contributed by atoms with Gasteiger partial charge < -0.3 is 0 Å². The van der Waals surface area contributed by atoms with Gasteiger partial charge in [0.15, 0.2) is 0 Å². The molecule has 1 aromatic rings. The highest BCUT2D eigenvalue weighted by atomic mass is 32.2. The molecule has 0 bridgehead atoms. The molecular formula is C13H16FNOS. The summed E-state index contributed by atoms with van der Waals surface area (Å²) in [4.78, 5) is 2.28. The van der Waals surface area contributed by atoms with Crippen molar-refractivity contribution in [3.8, 4) is 0 Å². The van der Waals surface area contributed by atoms with E-state index in [4.69, 9.17) is 0 Å². The Bertz CT molecular complexity index is 406. The van der Waals surface area contributed by atoms with Crippen molar-refractivity contribution in [3.05, 3.63) is 41.7 Å². The molecule has 0 N–H and O–H groups in total. The molecule has 0 radical (unpaired) electrons. The summed E-state index contributed by atoms with van der Waals surface area (Å²) in [5.74, 6) is 1.36. The van der Waals surface area contributed by atoms with Crippen molar-refractivity contribution in [2.45, 2.75) is 0 Å². The Morgan fingerprint density at radius 1 is 1.24 bits per heavy atom. The highest BCUT2D eigenvalue weighted by Gasteiger charge is 2.12. The number of nitrogens with zero attached hydrogens (tertiary/aromatic N) is 1. The maximum absolute atomic E-state index is 12.7. The largest absolute Gasteiger partial charge is 0.298 e. The highest BCUT2D eigenvalue weighted by Crippen LogP contribution is 2.05. The smallest absolute Gasteiger partial charge is 0.123 e. The second-order valence-electron chi connectivity index (χ2n) is 4.10. The van der Waals surface area contributed by atoms with E-state index in [1.54, 1.807) is 12.1 Å². The van der Waals surface area contributed by atoms with E-state index in [1.165, 1.54) is 12.1 Å². The van der Waals surface area contributed by atoms with E-state index < -0.39 is 10.8 Å². The molecule has 1 aromatic carbocycles. The molecule has 2 rings (SSSR count). The lowest BCUT2D eigenvalue weighted by Crippen LogP contribution is -2.37. The molecule has 92 valence electrons. The van der Waals surface area contributed by atoms with E-state index in [0.29, 0.717) is 0 Å². The Balaban J connectivity index is 1.81. The summed E-state index contributed by atoms with van der Waals surface area (Å²) in [5.41, 5.74) is 1.01. The first kappa shape index (κ1) is 12.5. The molecule has 4 heteroatoms. The van der Waals surface area contributed by atoms with Crippen LogP contribution in [0.25, 0.3) is 6.08 Å². The van der Waals surface area contributed by atoms with Crippen LogP contribution >= 0.6 is 0 Å². The monoisotopic (exact) mass is 253 g/mol. The van der Waals surface area contributed by atoms with E-state index in [2.05, 4.69) is 11.0 Å². The number of halogens is 1. The van der Waals surface area contributed by atoms with Gasteiger partial charge in [0.2, 0.25) is 0 Å². The molecule has 0 aliphatic carbocycles. The van der Waals surface area contributed by atoms with Crippen LogP contribution in [-0.2, 0) is 10.8 Å². The fourth-order valence-corrected chi connectivity index (χ4v) is 2.90. The molecule has 2 nitrogen and oxygen atoms in total. The van der Waals surface area contributed by atoms with Gasteiger partial charge in [0, 0.05) is 41.9 Å². The van der Waals surface area contributed by atoms with Gasteiger partial charge in [0.1, 0.15) is 5.82 Å². The molecule has 0 amide bonds. The lowest BCUT2D eigenvalue weighted by molar-refractivity contribution is 0.332. The molecule has 1 aliphatic rings. The Morgan fingerprint density at radius 2 is 1.88 bits per heavy atom. The zero-order chi connectivity index (χ0) is 12.1. The summed E-state index contributed by atoms with van der Waals surface area (Å²) in [6.45, 7) is 2.68. The van der Waals surface area contributed by atoms with Crippen LogP contribution in [0, 0.1) is 5.82 Å². The van der Waals surface area contributed by atoms with Crippen molar-refractivity contribution in [1.29, 1.82) is 0 Å². The number of rotatable bonds is 3. The molecule has 0 spiro atoms. The quantitative estimate of drug-likeness (QED) is 0.820. The number of benzene rings is 1. The van der Waals surface area contributed by atoms with Crippen molar-refractivity contribution in [1.82, 2.24) is 4.90 Å². The SMILES string of the molecule is O=S1CCN(CC=Cc2ccc(F)cc2)CC1. The minimum absolute atomic E-state index is 0.208. The maximum Gasteiger partial charge on any atom is 0.123 e. The summed E-state index contributed by atoms with van der Waals surface area (Å²) in [6.07, 6.45) is 4.06. The fraction of sp³-hybridized carbons (Fsp3) is 0.385. The summed E-state index contributed by atoms with van der Waals surface area (Å²) < 4.78 is 23.8. The first-order valence-corrected chi connectivity index (χ1v) is 7.22. The maximum atomic E-state index is 12.7. The summed E-state index contributed by atoms with van der Waals surface area (Å²) >= 11 is 0. The summed E-state index contributed by atoms with van der Waals surface area (Å²) in [7, 11) is -0.612. The van der Waals surface area contributed by atoms with Gasteiger partial charge in [-0.15, -0.1) is 0 Å². The van der Waals surface area contributed by atoms with E-state index in [1.807, 2.05) is 6.08 Å². The van der Waals surface area contributed by atoms with Gasteiger partial charge in [0.05, 0.1) is 0 Å². The third-order valence-corrected chi connectivity index (χ3v) is 4.09. The molecular weight excluding hydrogens is 237 g/mol. The molecule has 0 saturated carbocycles. The Labute approximate surface area is 104 Å². The molecule has 0 atom stereocenters. The average molecular weight is 253 g/mol. The first-order chi connectivity index (χ1) is 8.24. The van der Waals surface area contributed by atoms with Gasteiger partial charge in [-0.2, -0.15) is 0 Å². The number of hydrogen-bond donors (Lipinski definition) is 0. The third-order valence-electron chi connectivity index (χ3n) is 2.81. The van der Waals surface area contributed by atoms with Crippen LogP contribution in [0.5, 0.6) is 0 Å². The van der Waals surface area contributed by atoms with Crippen LogP contribution in [0.15, 0.2) is 30.3 Å². The minimum atomic E-state index is -0.612. The third kappa shape index (κ3) is 4.06. The highest BCUT2D eigenvalue weighted by molar-refractivity contribution is 7.85. The molecule has 0 aromatic heterocycles. The van der Waals surface area contributed by atoms with E-state index in [9.17, 15) is 8.60 Å². The second kappa shape index (κ2) is 6.07. The van der Waals surface area contributed by atoms with Gasteiger partial charge in [0.25, 0.3) is 0 Å². The Hall–Kier alpha value is -1.00. The molecule has 1 heterocycles. The minimum Gasteiger partial charge on any atom is -0.298 e. The van der Waals surface area contributed by atoms with Crippen molar-refractivity contribution >= 4 is 16.9 Å². The molecule has 0 unspecified atom stereocenters. The van der Waals surface area contributed by atoms with Gasteiger partial charge in [-0.1, -0.05) is 24.3 Å². The average Bonchev–Trinajstić information content (AvgIpc) is 2.34. The van der Waals surface area contributed by atoms with Crippen LogP contribution in [0.3, 0.4) is 0 Å². The van der Waals surface area contributed by atoms with Gasteiger partial charge in [-0.05, 0) is 17.7 Å². The van der Waals surface area contributed by atoms with Crippen LogP contribution < -0.4 is 0 Å². The van der Waals surface area contributed by atoms with Gasteiger partial charge >= 0.3 is 0 Å². The van der Waals surface area contributed by atoms with Crippen LogP contribution in [0.2, 0.25) is 0 Å². The normalized spacial score (nSPS) is 18.9. The topological polar surface area (TPSA) is 20.3 Å². The van der Waals surface area contributed by atoms with Crippen LogP contribution in [0.4, 0.5) is 4.39 Å². The lowest BCUT2D eigenvalue weighted by Gasteiger charge is -2.24. The van der Waals surface area contributed by atoms with Crippen LogP contribution in [-0.4, -0.2) is 40.2 Å². The standard InChI is InChI=1S/C13H16FNOS/c14-13-5-3-12(4-6-13)2-1-7-15-8-10-17(16)11-9-15/h1-6H,7-11H2. The van der Waals surface area contributed by atoms with Crippen LogP contribution in [0.1, 0.15) is 5.56 Å². The second-order valence-corrected chi connectivity index (χ2v) is 5.80. The predicted octanol–water partition coefficient (Wildman–Crippen LogP) is 1.90. The summed E-state index contributed by atoms with van der Waals surface area (Å²) in [5, 5.41) is 0. The van der Waals surface area contributed by atoms with Gasteiger partial charge in [-0.25, -0.2) is 4.39 Å². The lowest BCUT2D eigenvalue weighted by atomic mass is 10.2. The first-order valence-electron chi connectivity index (χ1n) is 5.73. The molecule has 1 fully saturated rings. The predicted molar refractivity (Wildman–Crippen MR) is 69.8 cm³/mol. The molecule has 17 heavy (non-hydrogen) atoms. The Kier molecular flexibility index (Phi) is 4.45. The van der Waals surface area contributed by atoms with Crippen molar-refractivity contribution in [3.63, 3.8) is 0 Å². The summed E-state index contributed by atoms with van der Waals surface area (Å²) in [6, 6.07) is 6.45. The van der Waals surface area contributed by atoms with Gasteiger partial charge in [-0.3, -0.25) is 9.11 Å². The van der Waals surface area contributed by atoms with Crippen molar-refractivity contribution in [2.24, 2.45) is 0 Å². The number of hydrogen-bond acceptors (Lipinski definition) is 2.